The summed E-state index contributed by atoms with van der Waals surface area (Å²) in [5, 5.41) is 39.3. The second kappa shape index (κ2) is 8.93. The Morgan fingerprint density at radius 2 is 1.28 bits per heavy atom. The summed E-state index contributed by atoms with van der Waals surface area (Å²) in [6, 6.07) is 19.8. The standard InChI is InChI=1S/C25H24N6O5/c1-24(2)25(3,4)29(32)23(26-24)17-15-20(30(33)34)22(21(16-17)31(35)36)27-28(18-11-7-5-8-12-18)19-13-9-6-10-14-19/h5-16H,1-4H3. The molecule has 0 aromatic heterocycles. The van der Waals surface area contributed by atoms with Crippen LogP contribution in [-0.2, 0) is 5.21 Å². The SMILES string of the molecule is CC1(C)N=C(c2cc([N+](=O)[O-])c([N]N(c3ccccc3)c3ccccc3)c([N+](=O)[O-])c2)N([O])C1(C)C. The predicted octanol–water partition coefficient (Wildman–Crippen LogP) is 5.46. The number of benzene rings is 3. The molecule has 36 heavy (non-hydrogen) atoms. The maximum absolute atomic E-state index is 13.1. The van der Waals surface area contributed by atoms with Crippen molar-refractivity contribution in [3.8, 4) is 0 Å². The van der Waals surface area contributed by atoms with Crippen molar-refractivity contribution in [3.05, 3.63) is 98.6 Å². The first kappa shape index (κ1) is 24.6. The summed E-state index contributed by atoms with van der Waals surface area (Å²) in [5.41, 5.74) is 2.01. The molecule has 0 unspecified atom stereocenters. The van der Waals surface area contributed by atoms with Crippen LogP contribution in [0.3, 0.4) is 0 Å². The van der Waals surface area contributed by atoms with Crippen LogP contribution < -0.4 is 10.4 Å². The van der Waals surface area contributed by atoms with E-state index in [1.54, 1.807) is 88.4 Å². The number of rotatable bonds is 7. The molecule has 0 aliphatic carbocycles. The van der Waals surface area contributed by atoms with Crippen molar-refractivity contribution >= 4 is 34.3 Å². The summed E-state index contributed by atoms with van der Waals surface area (Å²) in [6.45, 7) is 6.91. The molecule has 11 nitrogen and oxygen atoms in total. The van der Waals surface area contributed by atoms with Crippen molar-refractivity contribution in [2.24, 2.45) is 4.99 Å². The fourth-order valence-electron chi connectivity index (χ4n) is 3.76. The van der Waals surface area contributed by atoms with Crippen molar-refractivity contribution in [1.82, 2.24) is 10.5 Å². The summed E-state index contributed by atoms with van der Waals surface area (Å²) in [6.07, 6.45) is 0. The Morgan fingerprint density at radius 3 is 1.64 bits per heavy atom. The molecule has 0 amide bonds. The number of para-hydroxylation sites is 2. The van der Waals surface area contributed by atoms with Crippen molar-refractivity contribution in [2.45, 2.75) is 38.8 Å². The second-order valence-corrected chi connectivity index (χ2v) is 9.31. The summed E-state index contributed by atoms with van der Waals surface area (Å²) < 4.78 is 0. The molecule has 0 saturated carbocycles. The van der Waals surface area contributed by atoms with Gasteiger partial charge < -0.3 is 0 Å². The van der Waals surface area contributed by atoms with E-state index < -0.39 is 38.0 Å². The Hall–Kier alpha value is -4.51. The molecule has 0 bridgehead atoms. The molecule has 0 atom stereocenters. The largest absolute Gasteiger partial charge is 0.304 e. The van der Waals surface area contributed by atoms with E-state index in [1.807, 2.05) is 0 Å². The van der Waals surface area contributed by atoms with Crippen LogP contribution in [-0.4, -0.2) is 31.8 Å². The minimum Gasteiger partial charge on any atom is -0.258 e. The molecule has 184 valence electrons. The lowest BCUT2D eigenvalue weighted by Crippen LogP contribution is -2.50. The first-order valence-electron chi connectivity index (χ1n) is 11.1. The molecular weight excluding hydrogens is 464 g/mol. The Bertz CT molecular complexity index is 1270. The fourth-order valence-corrected chi connectivity index (χ4v) is 3.76. The van der Waals surface area contributed by atoms with Gasteiger partial charge in [-0.1, -0.05) is 41.6 Å². The topological polar surface area (TPSA) is 139 Å². The van der Waals surface area contributed by atoms with E-state index in [-0.39, 0.29) is 11.4 Å². The summed E-state index contributed by atoms with van der Waals surface area (Å²) >= 11 is 0. The summed E-state index contributed by atoms with van der Waals surface area (Å²) in [5.74, 6) is -0.106. The molecule has 1 aliphatic heterocycles. The van der Waals surface area contributed by atoms with E-state index >= 15 is 0 Å². The first-order chi connectivity index (χ1) is 16.9. The second-order valence-electron chi connectivity index (χ2n) is 9.31. The van der Waals surface area contributed by atoms with Gasteiger partial charge in [-0.25, -0.2) is 5.01 Å². The van der Waals surface area contributed by atoms with Crippen LogP contribution in [0.4, 0.5) is 28.4 Å². The van der Waals surface area contributed by atoms with Crippen LogP contribution >= 0.6 is 0 Å². The zero-order valence-electron chi connectivity index (χ0n) is 20.2. The third-order valence-corrected chi connectivity index (χ3v) is 6.51. The third-order valence-electron chi connectivity index (χ3n) is 6.51. The maximum atomic E-state index is 13.1. The number of hydrogen-bond donors (Lipinski definition) is 0. The lowest BCUT2D eigenvalue weighted by molar-refractivity contribution is -0.393. The molecule has 0 spiro atoms. The third kappa shape index (κ3) is 4.20. The smallest absolute Gasteiger partial charge is 0.258 e. The highest BCUT2D eigenvalue weighted by Crippen LogP contribution is 2.42. The van der Waals surface area contributed by atoms with E-state index in [0.29, 0.717) is 16.4 Å². The van der Waals surface area contributed by atoms with Gasteiger partial charge in [0.2, 0.25) is 5.69 Å². The van der Waals surface area contributed by atoms with Gasteiger partial charge in [0, 0.05) is 17.7 Å². The van der Waals surface area contributed by atoms with E-state index in [2.05, 4.69) is 10.4 Å². The van der Waals surface area contributed by atoms with E-state index in [4.69, 9.17) is 0 Å². The predicted molar refractivity (Wildman–Crippen MR) is 134 cm³/mol. The number of nitro benzene ring substituents is 2. The first-order valence-corrected chi connectivity index (χ1v) is 11.1. The van der Waals surface area contributed by atoms with Gasteiger partial charge >= 0.3 is 11.4 Å². The summed E-state index contributed by atoms with van der Waals surface area (Å²) in [4.78, 5) is 27.2. The van der Waals surface area contributed by atoms with E-state index in [0.717, 1.165) is 12.1 Å². The molecule has 3 aromatic carbocycles. The Morgan fingerprint density at radius 1 is 0.833 bits per heavy atom. The monoisotopic (exact) mass is 488 g/mol. The van der Waals surface area contributed by atoms with Crippen LogP contribution in [0, 0.1) is 20.2 Å². The fraction of sp³-hybridized carbons (Fsp3) is 0.240. The Labute approximate surface area is 207 Å². The Balaban J connectivity index is 1.89. The Kier molecular flexibility index (Phi) is 6.10. The van der Waals surface area contributed by atoms with Gasteiger partial charge in [-0.2, -0.15) is 10.5 Å². The van der Waals surface area contributed by atoms with Gasteiger partial charge in [0.05, 0.1) is 32.3 Å². The highest BCUT2D eigenvalue weighted by atomic mass is 16.6. The molecule has 2 radical (unpaired) electrons. The van der Waals surface area contributed by atoms with Crippen LogP contribution in [0.2, 0.25) is 0 Å². The average molecular weight is 489 g/mol. The van der Waals surface area contributed by atoms with Gasteiger partial charge in [0.25, 0.3) is 0 Å². The summed E-state index contributed by atoms with van der Waals surface area (Å²) in [7, 11) is 0. The zero-order chi connectivity index (χ0) is 26.3. The van der Waals surface area contributed by atoms with E-state index in [9.17, 15) is 25.4 Å². The lowest BCUT2D eigenvalue weighted by atomic mass is 9.84. The minimum atomic E-state index is -0.966. The van der Waals surface area contributed by atoms with Gasteiger partial charge in [-0.3, -0.25) is 25.2 Å². The van der Waals surface area contributed by atoms with Crippen LogP contribution in [0.15, 0.2) is 77.8 Å². The minimum absolute atomic E-state index is 0.0213. The van der Waals surface area contributed by atoms with Crippen LogP contribution in [0.5, 0.6) is 0 Å². The van der Waals surface area contributed by atoms with Gasteiger partial charge in [0.15, 0.2) is 5.84 Å². The molecule has 0 saturated heterocycles. The normalized spacial score (nSPS) is 15.8. The molecule has 4 rings (SSSR count). The van der Waals surface area contributed by atoms with Crippen LogP contribution in [0.1, 0.15) is 33.3 Å². The molecule has 0 N–H and O–H groups in total. The number of anilines is 2. The number of hydroxylamine groups is 2. The van der Waals surface area contributed by atoms with Crippen molar-refractivity contribution < 1.29 is 15.1 Å². The van der Waals surface area contributed by atoms with Gasteiger partial charge in [-0.15, -0.1) is 0 Å². The highest BCUT2D eigenvalue weighted by Gasteiger charge is 2.50. The molecule has 0 fully saturated rings. The number of amidine groups is 1. The molecule has 11 heteroatoms. The van der Waals surface area contributed by atoms with Crippen molar-refractivity contribution in [2.75, 3.05) is 5.01 Å². The van der Waals surface area contributed by atoms with Gasteiger partial charge in [-0.05, 0) is 52.0 Å². The van der Waals surface area contributed by atoms with Crippen molar-refractivity contribution in [3.63, 3.8) is 0 Å². The molecule has 1 heterocycles. The van der Waals surface area contributed by atoms with Crippen molar-refractivity contribution in [1.29, 1.82) is 0 Å². The lowest BCUT2D eigenvalue weighted by Gasteiger charge is -2.35. The van der Waals surface area contributed by atoms with E-state index in [1.165, 1.54) is 5.01 Å². The zero-order valence-corrected chi connectivity index (χ0v) is 20.2. The molecule has 1 aliphatic rings. The number of nitrogens with zero attached hydrogens (tertiary/aromatic N) is 6. The average Bonchev–Trinajstić information content (AvgIpc) is 3.01. The highest BCUT2D eigenvalue weighted by molar-refractivity contribution is 6.02. The number of hydrogen-bond acceptors (Lipinski definition) is 7. The maximum Gasteiger partial charge on any atom is 0.304 e. The van der Waals surface area contributed by atoms with Crippen LogP contribution in [0.25, 0.3) is 0 Å². The molecule has 3 aromatic rings. The van der Waals surface area contributed by atoms with Gasteiger partial charge in [0.1, 0.15) is 0 Å². The molecular formula is C25H24N6O5. The quantitative estimate of drug-likeness (QED) is 0.320. The number of aliphatic imine (C=N–C) groups is 1. The number of nitro groups is 2.